The van der Waals surface area contributed by atoms with Crippen molar-refractivity contribution >= 4 is 33.5 Å². The van der Waals surface area contributed by atoms with Crippen LogP contribution >= 0.6 is 11.6 Å². The Morgan fingerprint density at radius 3 is 2.57 bits per heavy atom. The molecule has 0 spiro atoms. The molecule has 0 radical (unpaired) electrons. The number of nitrogens with one attached hydrogen (secondary N) is 1. The van der Waals surface area contributed by atoms with Crippen molar-refractivity contribution in [3.05, 3.63) is 28.8 Å². The predicted octanol–water partition coefficient (Wildman–Crippen LogP) is -0.181. The van der Waals surface area contributed by atoms with Crippen LogP contribution in [0, 0.1) is 11.3 Å². The van der Waals surface area contributed by atoms with Gasteiger partial charge in [0.1, 0.15) is 10.9 Å². The van der Waals surface area contributed by atoms with E-state index in [1.165, 1.54) is 12.1 Å². The third-order valence-corrected chi connectivity index (χ3v) is 4.30. The molecule has 1 amide bonds. The quantitative estimate of drug-likeness (QED) is 0.657. The Kier molecular flexibility index (Phi) is 5.26. The summed E-state index contributed by atoms with van der Waals surface area (Å²) >= 11 is 5.74. The van der Waals surface area contributed by atoms with Gasteiger partial charge < -0.3 is 10.8 Å². The minimum atomic E-state index is -4.34. The lowest BCUT2D eigenvalue weighted by Crippen LogP contribution is -2.43. The lowest BCUT2D eigenvalue weighted by Gasteiger charge is -2.14. The van der Waals surface area contributed by atoms with Crippen LogP contribution in [0.5, 0.6) is 0 Å². The van der Waals surface area contributed by atoms with Gasteiger partial charge in [-0.25, -0.2) is 8.42 Å². The van der Waals surface area contributed by atoms with E-state index >= 15 is 0 Å². The number of sulfonamides is 1. The smallest absolute Gasteiger partial charge is 0.322 e. The van der Waals surface area contributed by atoms with E-state index in [0.29, 0.717) is 0 Å². The molecule has 4 N–H and O–H groups in total. The van der Waals surface area contributed by atoms with Crippen LogP contribution in [0.15, 0.2) is 23.1 Å². The molecule has 0 aromatic heterocycles. The predicted molar refractivity (Wildman–Crippen MR) is 71.7 cm³/mol. The largest absolute Gasteiger partial charge is 0.480 e. The molecule has 1 aromatic carbocycles. The third kappa shape index (κ3) is 4.42. The summed E-state index contributed by atoms with van der Waals surface area (Å²) in [7, 11) is -4.34. The fourth-order valence-corrected chi connectivity index (χ4v) is 3.13. The van der Waals surface area contributed by atoms with E-state index in [2.05, 4.69) is 0 Å². The molecule has 0 unspecified atom stereocenters. The normalized spacial score (nSPS) is 12.4. The van der Waals surface area contributed by atoms with Gasteiger partial charge in [0.05, 0.1) is 23.1 Å². The van der Waals surface area contributed by atoms with Gasteiger partial charge in [0, 0.05) is 0 Å². The zero-order chi connectivity index (χ0) is 16.2. The lowest BCUT2D eigenvalue weighted by molar-refractivity contribution is -0.140. The summed E-state index contributed by atoms with van der Waals surface area (Å²) in [6, 6.07) is 3.50. The van der Waals surface area contributed by atoms with E-state index in [4.69, 9.17) is 27.7 Å². The van der Waals surface area contributed by atoms with Gasteiger partial charge in [-0.05, 0) is 18.2 Å². The topological polar surface area (TPSA) is 150 Å². The number of carboxylic acids is 1. The van der Waals surface area contributed by atoms with Crippen molar-refractivity contribution in [3.63, 3.8) is 0 Å². The van der Waals surface area contributed by atoms with Crippen LogP contribution in [-0.2, 0) is 19.6 Å². The number of hydrogen-bond donors (Lipinski definition) is 3. The number of primary amides is 1. The first kappa shape index (κ1) is 16.9. The van der Waals surface area contributed by atoms with Crippen LogP contribution in [0.2, 0.25) is 5.02 Å². The van der Waals surface area contributed by atoms with Crippen LogP contribution in [0.3, 0.4) is 0 Å². The average Bonchev–Trinajstić information content (AvgIpc) is 2.37. The molecule has 0 heterocycles. The average molecular weight is 332 g/mol. The van der Waals surface area contributed by atoms with Crippen LogP contribution in [-0.4, -0.2) is 31.4 Å². The molecular formula is C11H10ClN3O5S. The number of nitriles is 1. The number of nitrogens with zero attached hydrogens (tertiary/aromatic N) is 1. The van der Waals surface area contributed by atoms with E-state index in [-0.39, 0.29) is 10.6 Å². The Bertz CT molecular complexity index is 726. The summed E-state index contributed by atoms with van der Waals surface area (Å²) < 4.78 is 26.0. The van der Waals surface area contributed by atoms with Gasteiger partial charge in [-0.15, -0.1) is 0 Å². The van der Waals surface area contributed by atoms with Crippen molar-refractivity contribution in [1.29, 1.82) is 5.26 Å². The number of aliphatic carboxylic acids is 1. The molecular weight excluding hydrogens is 322 g/mol. The molecule has 1 atom stereocenters. The van der Waals surface area contributed by atoms with E-state index in [1.54, 1.807) is 6.07 Å². The molecule has 8 nitrogen and oxygen atoms in total. The van der Waals surface area contributed by atoms with Crippen molar-refractivity contribution in [2.24, 2.45) is 5.73 Å². The lowest BCUT2D eigenvalue weighted by atomic mass is 10.2. The van der Waals surface area contributed by atoms with Gasteiger partial charge in [-0.3, -0.25) is 9.59 Å². The summed E-state index contributed by atoms with van der Waals surface area (Å²) in [4.78, 5) is 21.2. The second kappa shape index (κ2) is 6.53. The molecule has 112 valence electrons. The Hall–Kier alpha value is -2.15. The van der Waals surface area contributed by atoms with Gasteiger partial charge in [0.25, 0.3) is 0 Å². The van der Waals surface area contributed by atoms with Crippen LogP contribution < -0.4 is 10.5 Å². The highest BCUT2D eigenvalue weighted by Crippen LogP contribution is 2.22. The van der Waals surface area contributed by atoms with Crippen LogP contribution in [0.4, 0.5) is 0 Å². The van der Waals surface area contributed by atoms with E-state index in [9.17, 15) is 18.0 Å². The fraction of sp³-hybridized carbons (Fsp3) is 0.182. The minimum absolute atomic E-state index is 0.0292. The maximum Gasteiger partial charge on any atom is 0.322 e. The van der Waals surface area contributed by atoms with E-state index in [1.807, 2.05) is 4.72 Å². The SMILES string of the molecule is N#Cc1ccc(Cl)c(S(=O)(=O)N[C@@H](CC(N)=O)C(=O)O)c1. The number of carbonyl (C=O) groups excluding carboxylic acids is 1. The molecule has 21 heavy (non-hydrogen) atoms. The second-order valence-electron chi connectivity index (χ2n) is 3.94. The molecule has 0 saturated carbocycles. The molecule has 0 aliphatic rings. The van der Waals surface area contributed by atoms with Crippen LogP contribution in [0.1, 0.15) is 12.0 Å². The van der Waals surface area contributed by atoms with E-state index in [0.717, 1.165) is 6.07 Å². The first-order valence-electron chi connectivity index (χ1n) is 5.40. The van der Waals surface area contributed by atoms with Crippen molar-refractivity contribution in [1.82, 2.24) is 4.72 Å². The van der Waals surface area contributed by atoms with Crippen molar-refractivity contribution in [2.75, 3.05) is 0 Å². The van der Waals surface area contributed by atoms with Gasteiger partial charge in [-0.1, -0.05) is 11.6 Å². The van der Waals surface area contributed by atoms with Gasteiger partial charge in [0.2, 0.25) is 15.9 Å². The Balaban J connectivity index is 3.19. The highest BCUT2D eigenvalue weighted by Gasteiger charge is 2.28. The van der Waals surface area contributed by atoms with Gasteiger partial charge in [0.15, 0.2) is 0 Å². The zero-order valence-corrected chi connectivity index (χ0v) is 12.0. The summed E-state index contributed by atoms with van der Waals surface area (Å²) in [6.07, 6.45) is -0.718. The number of halogens is 1. The number of benzene rings is 1. The summed E-state index contributed by atoms with van der Waals surface area (Å²) in [5.74, 6) is -2.55. The number of amides is 1. The van der Waals surface area contributed by atoms with Gasteiger partial charge in [-0.2, -0.15) is 9.98 Å². The van der Waals surface area contributed by atoms with E-state index < -0.39 is 39.3 Å². The van der Waals surface area contributed by atoms with Gasteiger partial charge >= 0.3 is 5.97 Å². The second-order valence-corrected chi connectivity index (χ2v) is 6.03. The number of hydrogen-bond acceptors (Lipinski definition) is 5. The van der Waals surface area contributed by atoms with Crippen LogP contribution in [0.25, 0.3) is 0 Å². The molecule has 0 bridgehead atoms. The monoisotopic (exact) mass is 331 g/mol. The number of carboxylic acid groups (broad SMARTS) is 1. The molecule has 0 fully saturated rings. The molecule has 1 rings (SSSR count). The Morgan fingerprint density at radius 2 is 2.10 bits per heavy atom. The molecule has 0 aliphatic heterocycles. The fourth-order valence-electron chi connectivity index (χ4n) is 1.41. The molecule has 0 aliphatic carbocycles. The number of rotatable bonds is 6. The Labute approximate surface area is 125 Å². The molecule has 10 heteroatoms. The standard InChI is InChI=1S/C11H10ClN3O5S/c12-7-2-1-6(5-13)3-9(7)21(19,20)15-8(11(17)18)4-10(14)16/h1-3,8,15H,4H2,(H2,14,16)(H,17,18)/t8-/m0/s1. The highest BCUT2D eigenvalue weighted by molar-refractivity contribution is 7.89. The zero-order valence-electron chi connectivity index (χ0n) is 10.4. The maximum atomic E-state index is 12.1. The molecule has 1 aromatic rings. The van der Waals surface area contributed by atoms with Crippen molar-refractivity contribution in [2.45, 2.75) is 17.4 Å². The first-order chi connectivity index (χ1) is 9.67. The van der Waals surface area contributed by atoms with Crippen molar-refractivity contribution < 1.29 is 23.1 Å². The van der Waals surface area contributed by atoms with Crippen molar-refractivity contribution in [3.8, 4) is 6.07 Å². The minimum Gasteiger partial charge on any atom is -0.480 e. The third-order valence-electron chi connectivity index (χ3n) is 2.35. The molecule has 0 saturated heterocycles. The first-order valence-corrected chi connectivity index (χ1v) is 7.26. The highest BCUT2D eigenvalue weighted by atomic mass is 35.5. The summed E-state index contributed by atoms with van der Waals surface area (Å²) in [5.41, 5.74) is 4.89. The summed E-state index contributed by atoms with van der Waals surface area (Å²) in [5, 5.41) is 17.4. The number of carbonyl (C=O) groups is 2. The number of nitrogens with two attached hydrogens (primary N) is 1. The Morgan fingerprint density at radius 1 is 1.48 bits per heavy atom. The maximum absolute atomic E-state index is 12.1. The summed E-state index contributed by atoms with van der Waals surface area (Å²) in [6.45, 7) is 0.